The first-order chi connectivity index (χ1) is 7.72. The van der Waals surface area contributed by atoms with Crippen molar-refractivity contribution >= 4 is 17.3 Å². The molecular weight excluding hydrogens is 224 g/mol. The highest BCUT2D eigenvalue weighted by Gasteiger charge is 2.24. The summed E-state index contributed by atoms with van der Waals surface area (Å²) in [6.45, 7) is 3.81. The Kier molecular flexibility index (Phi) is 5.45. The quantitative estimate of drug-likeness (QED) is 0.758. The lowest BCUT2D eigenvalue weighted by atomic mass is 10.2. The van der Waals surface area contributed by atoms with Crippen LogP contribution in [0.25, 0.3) is 0 Å². The van der Waals surface area contributed by atoms with Gasteiger partial charge in [-0.2, -0.15) is 0 Å². The van der Waals surface area contributed by atoms with E-state index in [9.17, 15) is 4.79 Å². The van der Waals surface area contributed by atoms with Gasteiger partial charge in [-0.15, -0.1) is 11.3 Å². The molecule has 1 aromatic rings. The van der Waals surface area contributed by atoms with Crippen molar-refractivity contribution in [3.05, 3.63) is 22.4 Å². The molecular formula is C11H18N2O2S. The predicted octanol–water partition coefficient (Wildman–Crippen LogP) is 1.07. The number of methoxy groups -OCH3 is 1. The first kappa shape index (κ1) is 13.2. The van der Waals surface area contributed by atoms with Crippen molar-refractivity contribution in [3.8, 4) is 0 Å². The molecule has 0 aliphatic heterocycles. The number of hydrogen-bond donors (Lipinski definition) is 1. The van der Waals surface area contributed by atoms with Gasteiger partial charge in [-0.25, -0.2) is 0 Å². The van der Waals surface area contributed by atoms with E-state index in [0.717, 1.165) is 13.1 Å². The second-order valence-electron chi connectivity index (χ2n) is 3.42. The fourth-order valence-corrected chi connectivity index (χ4v) is 2.30. The monoisotopic (exact) mass is 242 g/mol. The van der Waals surface area contributed by atoms with E-state index in [1.165, 1.54) is 12.0 Å². The molecule has 1 heterocycles. The molecule has 1 aromatic heterocycles. The van der Waals surface area contributed by atoms with Crippen LogP contribution in [-0.2, 0) is 16.1 Å². The number of thiophene rings is 1. The van der Waals surface area contributed by atoms with Crippen molar-refractivity contribution < 1.29 is 9.53 Å². The molecule has 0 saturated heterocycles. The highest BCUT2D eigenvalue weighted by atomic mass is 32.1. The van der Waals surface area contributed by atoms with Crippen LogP contribution in [0.3, 0.4) is 0 Å². The number of esters is 1. The zero-order valence-corrected chi connectivity index (χ0v) is 10.5. The van der Waals surface area contributed by atoms with Gasteiger partial charge in [0.05, 0.1) is 7.11 Å². The lowest BCUT2D eigenvalue weighted by molar-refractivity contribution is -0.146. The first-order valence-corrected chi connectivity index (χ1v) is 6.15. The number of ether oxygens (including phenoxy) is 1. The molecule has 90 valence electrons. The fraction of sp³-hybridized carbons (Fsp3) is 0.545. The van der Waals surface area contributed by atoms with Gasteiger partial charge in [0.15, 0.2) is 0 Å². The van der Waals surface area contributed by atoms with Gasteiger partial charge in [-0.05, 0) is 18.0 Å². The smallest absolute Gasteiger partial charge is 0.324 e. The van der Waals surface area contributed by atoms with Gasteiger partial charge >= 0.3 is 5.97 Å². The summed E-state index contributed by atoms with van der Waals surface area (Å²) in [5.74, 6) is -0.263. The second-order valence-corrected chi connectivity index (χ2v) is 4.45. The number of nitrogens with two attached hydrogens (primary N) is 1. The molecule has 1 unspecified atom stereocenters. The number of nitrogens with zero attached hydrogens (tertiary/aromatic N) is 1. The van der Waals surface area contributed by atoms with Gasteiger partial charge in [-0.3, -0.25) is 9.69 Å². The molecule has 0 radical (unpaired) electrons. The van der Waals surface area contributed by atoms with Crippen LogP contribution in [0.1, 0.15) is 11.8 Å². The van der Waals surface area contributed by atoms with E-state index in [0.29, 0.717) is 0 Å². The van der Waals surface area contributed by atoms with Gasteiger partial charge in [0.2, 0.25) is 0 Å². The molecule has 0 bridgehead atoms. The molecule has 16 heavy (non-hydrogen) atoms. The van der Waals surface area contributed by atoms with E-state index in [2.05, 4.69) is 6.07 Å². The van der Waals surface area contributed by atoms with Crippen molar-refractivity contribution in [3.63, 3.8) is 0 Å². The van der Waals surface area contributed by atoms with Crippen LogP contribution >= 0.6 is 11.3 Å². The Balaban J connectivity index is 2.67. The standard InChI is InChI=1S/C11H18N2O2S/c1-3-13(8-9-5-4-6-16-9)10(7-12)11(14)15-2/h4-6,10H,3,7-8,12H2,1-2H3. The van der Waals surface area contributed by atoms with E-state index in [1.54, 1.807) is 11.3 Å². The second kappa shape index (κ2) is 6.62. The van der Waals surface area contributed by atoms with Crippen LogP contribution in [0, 0.1) is 0 Å². The molecule has 4 nitrogen and oxygen atoms in total. The largest absolute Gasteiger partial charge is 0.468 e. The third-order valence-electron chi connectivity index (χ3n) is 2.48. The third-order valence-corrected chi connectivity index (χ3v) is 3.34. The predicted molar refractivity (Wildman–Crippen MR) is 65.3 cm³/mol. The molecule has 2 N–H and O–H groups in total. The van der Waals surface area contributed by atoms with E-state index >= 15 is 0 Å². The average Bonchev–Trinajstić information content (AvgIpc) is 2.81. The van der Waals surface area contributed by atoms with Crippen molar-refractivity contribution in [1.82, 2.24) is 4.90 Å². The van der Waals surface area contributed by atoms with Crippen molar-refractivity contribution in [2.45, 2.75) is 19.5 Å². The van der Waals surface area contributed by atoms with Gasteiger partial charge in [0.25, 0.3) is 0 Å². The van der Waals surface area contributed by atoms with Gasteiger partial charge < -0.3 is 10.5 Å². The Morgan fingerprint density at radius 3 is 2.88 bits per heavy atom. The molecule has 1 atom stereocenters. The minimum Gasteiger partial charge on any atom is -0.468 e. The van der Waals surface area contributed by atoms with Gasteiger partial charge in [0.1, 0.15) is 6.04 Å². The summed E-state index contributed by atoms with van der Waals surface area (Å²) >= 11 is 1.68. The Labute approximate surface area is 100 Å². The summed E-state index contributed by atoms with van der Waals surface area (Å²) in [5, 5.41) is 2.03. The van der Waals surface area contributed by atoms with Gasteiger partial charge in [0, 0.05) is 18.0 Å². The maximum Gasteiger partial charge on any atom is 0.324 e. The van der Waals surface area contributed by atoms with E-state index < -0.39 is 0 Å². The minimum atomic E-state index is -0.350. The van der Waals surface area contributed by atoms with Crippen LogP contribution in [0.5, 0.6) is 0 Å². The lowest BCUT2D eigenvalue weighted by Gasteiger charge is -2.26. The zero-order chi connectivity index (χ0) is 12.0. The van der Waals surface area contributed by atoms with Crippen LogP contribution in [0.4, 0.5) is 0 Å². The molecule has 0 aliphatic rings. The number of carbonyl (C=O) groups excluding carboxylic acids is 1. The molecule has 5 heteroatoms. The summed E-state index contributed by atoms with van der Waals surface area (Å²) in [4.78, 5) is 14.8. The maximum atomic E-state index is 11.5. The summed E-state index contributed by atoms with van der Waals surface area (Å²) in [6, 6.07) is 3.71. The Morgan fingerprint density at radius 2 is 2.44 bits per heavy atom. The Hall–Kier alpha value is -0.910. The van der Waals surface area contributed by atoms with Crippen LogP contribution in [-0.4, -0.2) is 37.1 Å². The van der Waals surface area contributed by atoms with E-state index in [-0.39, 0.29) is 18.6 Å². The number of hydrogen-bond acceptors (Lipinski definition) is 5. The zero-order valence-electron chi connectivity index (χ0n) is 9.68. The Bertz CT molecular complexity index is 314. The molecule has 0 amide bonds. The summed E-state index contributed by atoms with van der Waals surface area (Å²) in [7, 11) is 1.39. The SMILES string of the molecule is CCN(Cc1cccs1)C(CN)C(=O)OC. The molecule has 1 rings (SSSR count). The van der Waals surface area contributed by atoms with E-state index in [1.807, 2.05) is 23.3 Å². The number of carbonyl (C=O) groups is 1. The highest BCUT2D eigenvalue weighted by Crippen LogP contribution is 2.14. The summed E-state index contributed by atoms with van der Waals surface area (Å²) in [5.41, 5.74) is 5.62. The average molecular weight is 242 g/mol. The number of likely N-dealkylation sites (N-methyl/N-ethyl adjacent to an activating group) is 1. The molecule has 0 saturated carbocycles. The first-order valence-electron chi connectivity index (χ1n) is 5.27. The fourth-order valence-electron chi connectivity index (χ4n) is 1.58. The molecule has 0 aliphatic carbocycles. The summed E-state index contributed by atoms with van der Waals surface area (Å²) < 4.78 is 4.75. The van der Waals surface area contributed by atoms with Crippen LogP contribution in [0.2, 0.25) is 0 Å². The van der Waals surface area contributed by atoms with Crippen molar-refractivity contribution in [2.75, 3.05) is 20.2 Å². The maximum absolute atomic E-state index is 11.5. The third kappa shape index (κ3) is 3.30. The highest BCUT2D eigenvalue weighted by molar-refractivity contribution is 7.09. The van der Waals surface area contributed by atoms with Crippen LogP contribution in [0.15, 0.2) is 17.5 Å². The van der Waals surface area contributed by atoms with Gasteiger partial charge in [-0.1, -0.05) is 13.0 Å². The molecule has 0 aromatic carbocycles. The summed E-state index contributed by atoms with van der Waals surface area (Å²) in [6.07, 6.45) is 0. The topological polar surface area (TPSA) is 55.6 Å². The molecule has 0 spiro atoms. The Morgan fingerprint density at radius 1 is 1.69 bits per heavy atom. The minimum absolute atomic E-state index is 0.263. The normalized spacial score (nSPS) is 12.8. The van der Waals surface area contributed by atoms with E-state index in [4.69, 9.17) is 10.5 Å². The number of rotatable bonds is 6. The molecule has 0 fully saturated rings. The van der Waals surface area contributed by atoms with Crippen LogP contribution < -0.4 is 5.73 Å². The van der Waals surface area contributed by atoms with Crippen molar-refractivity contribution in [2.24, 2.45) is 5.73 Å². The lowest BCUT2D eigenvalue weighted by Crippen LogP contribution is -2.46. The van der Waals surface area contributed by atoms with Crippen molar-refractivity contribution in [1.29, 1.82) is 0 Å².